The second-order valence-corrected chi connectivity index (χ2v) is 3.58. The number of halogens is 2. The zero-order valence-corrected chi connectivity index (χ0v) is 8.64. The van der Waals surface area contributed by atoms with Gasteiger partial charge in [-0.05, 0) is 30.5 Å². The zero-order valence-electron chi connectivity index (χ0n) is 7.88. The molecule has 0 aliphatic heterocycles. The van der Waals surface area contributed by atoms with E-state index in [1.165, 1.54) is 12.1 Å². The third-order valence-electron chi connectivity index (χ3n) is 2.12. The molecule has 0 atom stereocenters. The van der Waals surface area contributed by atoms with Crippen molar-refractivity contribution in [2.75, 3.05) is 0 Å². The second-order valence-electron chi connectivity index (χ2n) is 3.22. The maximum atomic E-state index is 13.3. The van der Waals surface area contributed by atoms with E-state index in [-0.39, 0.29) is 10.7 Å². The van der Waals surface area contributed by atoms with Crippen molar-refractivity contribution in [3.63, 3.8) is 0 Å². The van der Waals surface area contributed by atoms with Gasteiger partial charge >= 0.3 is 0 Å². The number of aromatic nitrogens is 1. The van der Waals surface area contributed by atoms with Crippen molar-refractivity contribution in [2.24, 2.45) is 0 Å². The minimum atomic E-state index is -0.572. The molecule has 0 bridgehead atoms. The van der Waals surface area contributed by atoms with E-state index >= 15 is 0 Å². The van der Waals surface area contributed by atoms with Crippen LogP contribution >= 0.6 is 11.6 Å². The summed E-state index contributed by atoms with van der Waals surface area (Å²) in [4.78, 5) is 4.01. The van der Waals surface area contributed by atoms with Crippen LogP contribution in [0.1, 0.15) is 11.3 Å². The lowest BCUT2D eigenvalue weighted by Gasteiger charge is -2.03. The normalized spacial score (nSPS) is 10.3. The Morgan fingerprint density at radius 1 is 1.40 bits per heavy atom. The van der Waals surface area contributed by atoms with Gasteiger partial charge in [-0.25, -0.2) is 9.37 Å². The summed E-state index contributed by atoms with van der Waals surface area (Å²) in [6.45, 7) is 1.79. The first kappa shape index (κ1) is 9.88. The highest BCUT2D eigenvalue weighted by atomic mass is 35.5. The van der Waals surface area contributed by atoms with Gasteiger partial charge in [0, 0.05) is 11.1 Å². The molecule has 2 rings (SSSR count). The number of nitriles is 1. The number of hydrogen-bond donors (Lipinski definition) is 0. The van der Waals surface area contributed by atoms with Gasteiger partial charge in [0.25, 0.3) is 0 Å². The Labute approximate surface area is 90.9 Å². The predicted octanol–water partition coefficient (Wildman–Crippen LogP) is 3.21. The van der Waals surface area contributed by atoms with Crippen LogP contribution in [0, 0.1) is 24.1 Å². The smallest absolute Gasteiger partial charge is 0.141 e. The van der Waals surface area contributed by atoms with Gasteiger partial charge in [0.1, 0.15) is 17.0 Å². The van der Waals surface area contributed by atoms with Crippen molar-refractivity contribution in [3.05, 3.63) is 40.4 Å². The zero-order chi connectivity index (χ0) is 11.0. The monoisotopic (exact) mass is 220 g/mol. The van der Waals surface area contributed by atoms with Crippen LogP contribution in [0.5, 0.6) is 0 Å². The van der Waals surface area contributed by atoms with E-state index in [2.05, 4.69) is 4.98 Å². The molecule has 0 aliphatic rings. The van der Waals surface area contributed by atoms with Crippen molar-refractivity contribution in [2.45, 2.75) is 6.92 Å². The maximum Gasteiger partial charge on any atom is 0.141 e. The van der Waals surface area contributed by atoms with Crippen LogP contribution in [-0.2, 0) is 0 Å². The molecule has 4 heteroatoms. The number of hydrogen-bond acceptors (Lipinski definition) is 2. The van der Waals surface area contributed by atoms with Gasteiger partial charge in [-0.3, -0.25) is 0 Å². The maximum absolute atomic E-state index is 13.3. The Balaban J connectivity index is 2.89. The van der Waals surface area contributed by atoms with Gasteiger partial charge in [0.2, 0.25) is 0 Å². The summed E-state index contributed by atoms with van der Waals surface area (Å²) in [5.74, 6) is -0.572. The number of rotatable bonds is 0. The fourth-order valence-corrected chi connectivity index (χ4v) is 1.74. The molecular formula is C11H6ClFN2. The van der Waals surface area contributed by atoms with E-state index in [4.69, 9.17) is 16.9 Å². The lowest BCUT2D eigenvalue weighted by atomic mass is 10.1. The summed E-state index contributed by atoms with van der Waals surface area (Å²) in [7, 11) is 0. The molecular weight excluding hydrogens is 215 g/mol. The third kappa shape index (κ3) is 1.64. The Kier molecular flexibility index (Phi) is 2.29. The number of pyridine rings is 1. The van der Waals surface area contributed by atoms with Gasteiger partial charge in [-0.2, -0.15) is 5.26 Å². The summed E-state index contributed by atoms with van der Waals surface area (Å²) >= 11 is 5.87. The Bertz CT molecular complexity index is 587. The second kappa shape index (κ2) is 3.48. The molecule has 1 heterocycles. The minimum absolute atomic E-state index is 0.0177. The van der Waals surface area contributed by atoms with Gasteiger partial charge < -0.3 is 0 Å². The van der Waals surface area contributed by atoms with E-state index in [9.17, 15) is 4.39 Å². The molecule has 1 aromatic heterocycles. The quantitative estimate of drug-likeness (QED) is 0.640. The third-order valence-corrected chi connectivity index (χ3v) is 2.41. The summed E-state index contributed by atoms with van der Waals surface area (Å²) in [5, 5.41) is 10.2. The summed E-state index contributed by atoms with van der Waals surface area (Å²) in [6, 6.07) is 6.27. The van der Waals surface area contributed by atoms with Crippen molar-refractivity contribution in [1.82, 2.24) is 4.98 Å². The van der Waals surface area contributed by atoms with Crippen LogP contribution in [0.2, 0.25) is 5.15 Å². The molecule has 2 aromatic rings. The highest BCUT2D eigenvalue weighted by Crippen LogP contribution is 2.25. The molecule has 0 N–H and O–H groups in total. The molecule has 15 heavy (non-hydrogen) atoms. The molecule has 1 aromatic carbocycles. The highest BCUT2D eigenvalue weighted by Gasteiger charge is 2.07. The molecule has 0 fully saturated rings. The molecule has 0 unspecified atom stereocenters. The highest BCUT2D eigenvalue weighted by molar-refractivity contribution is 6.34. The first-order valence-corrected chi connectivity index (χ1v) is 4.66. The SMILES string of the molecule is Cc1cc2cc(C#N)c(F)cc2c(Cl)n1. The van der Waals surface area contributed by atoms with Crippen LogP contribution in [0.4, 0.5) is 4.39 Å². The fourth-order valence-electron chi connectivity index (χ4n) is 1.45. The fraction of sp³-hybridized carbons (Fsp3) is 0.0909. The van der Waals surface area contributed by atoms with Crippen LogP contribution in [-0.4, -0.2) is 4.98 Å². The average Bonchev–Trinajstić information content (AvgIpc) is 2.18. The van der Waals surface area contributed by atoms with Gasteiger partial charge in [-0.15, -0.1) is 0 Å². The Hall–Kier alpha value is -1.66. The minimum Gasteiger partial charge on any atom is -0.241 e. The summed E-state index contributed by atoms with van der Waals surface area (Å²) in [6.07, 6.45) is 0. The van der Waals surface area contributed by atoms with E-state index in [0.29, 0.717) is 5.39 Å². The Morgan fingerprint density at radius 2 is 2.13 bits per heavy atom. The molecule has 0 radical (unpaired) electrons. The predicted molar refractivity (Wildman–Crippen MR) is 56.2 cm³/mol. The van der Waals surface area contributed by atoms with Crippen LogP contribution in [0.3, 0.4) is 0 Å². The molecule has 0 spiro atoms. The first-order valence-electron chi connectivity index (χ1n) is 4.28. The van der Waals surface area contributed by atoms with Crippen molar-refractivity contribution < 1.29 is 4.39 Å². The van der Waals surface area contributed by atoms with Crippen LogP contribution in [0.25, 0.3) is 10.8 Å². The lowest BCUT2D eigenvalue weighted by Crippen LogP contribution is -1.89. The average molecular weight is 221 g/mol. The van der Waals surface area contributed by atoms with E-state index in [0.717, 1.165) is 11.1 Å². The summed E-state index contributed by atoms with van der Waals surface area (Å²) in [5.41, 5.74) is 0.757. The number of benzene rings is 1. The largest absolute Gasteiger partial charge is 0.241 e. The molecule has 74 valence electrons. The van der Waals surface area contributed by atoms with E-state index in [1.54, 1.807) is 19.1 Å². The first-order chi connectivity index (χ1) is 7.11. The van der Waals surface area contributed by atoms with Crippen molar-refractivity contribution in [1.29, 1.82) is 5.26 Å². The summed E-state index contributed by atoms with van der Waals surface area (Å²) < 4.78 is 13.3. The van der Waals surface area contributed by atoms with E-state index in [1.807, 2.05) is 0 Å². The van der Waals surface area contributed by atoms with Crippen molar-refractivity contribution in [3.8, 4) is 6.07 Å². The molecule has 0 saturated heterocycles. The Morgan fingerprint density at radius 3 is 2.80 bits per heavy atom. The molecule has 0 aliphatic carbocycles. The van der Waals surface area contributed by atoms with Crippen LogP contribution in [0.15, 0.2) is 18.2 Å². The topological polar surface area (TPSA) is 36.7 Å². The van der Waals surface area contributed by atoms with E-state index < -0.39 is 5.82 Å². The lowest BCUT2D eigenvalue weighted by molar-refractivity contribution is 0.626. The van der Waals surface area contributed by atoms with Crippen molar-refractivity contribution >= 4 is 22.4 Å². The number of nitrogens with zero attached hydrogens (tertiary/aromatic N) is 2. The van der Waals surface area contributed by atoms with Gasteiger partial charge in [0.15, 0.2) is 0 Å². The van der Waals surface area contributed by atoms with Crippen LogP contribution < -0.4 is 0 Å². The standard InChI is InChI=1S/C11H6ClFN2/c1-6-2-7-3-8(5-14)10(13)4-9(7)11(12)15-6/h2-4H,1H3. The molecule has 0 amide bonds. The van der Waals surface area contributed by atoms with Gasteiger partial charge in [0.05, 0.1) is 5.56 Å². The molecule has 0 saturated carbocycles. The van der Waals surface area contributed by atoms with Gasteiger partial charge in [-0.1, -0.05) is 11.6 Å². The number of aryl methyl sites for hydroxylation is 1. The molecule has 2 nitrogen and oxygen atoms in total. The number of fused-ring (bicyclic) bond motifs is 1.